The van der Waals surface area contributed by atoms with E-state index in [1.54, 1.807) is 13.8 Å². The number of benzene rings is 2. The van der Waals surface area contributed by atoms with Gasteiger partial charge in [0.25, 0.3) is 0 Å². The lowest BCUT2D eigenvalue weighted by Crippen LogP contribution is -2.28. The predicted molar refractivity (Wildman–Crippen MR) is 132 cm³/mol. The van der Waals surface area contributed by atoms with Crippen LogP contribution in [0.2, 0.25) is 0 Å². The average Bonchev–Trinajstić information content (AvgIpc) is 2.75. The number of carboxylic acid groups (broad SMARTS) is 1. The van der Waals surface area contributed by atoms with Gasteiger partial charge in [-0.15, -0.1) is 0 Å². The van der Waals surface area contributed by atoms with E-state index in [-0.39, 0.29) is 11.8 Å². The number of aryl methyl sites for hydroxylation is 2. The van der Waals surface area contributed by atoms with Crippen molar-refractivity contribution in [1.82, 2.24) is 0 Å². The van der Waals surface area contributed by atoms with Crippen LogP contribution in [0.5, 0.6) is 5.75 Å². The van der Waals surface area contributed by atoms with Crippen molar-refractivity contribution in [2.45, 2.75) is 64.9 Å². The molecule has 33 heavy (non-hydrogen) atoms. The van der Waals surface area contributed by atoms with Crippen molar-refractivity contribution in [2.24, 2.45) is 0 Å². The number of nitrogens with one attached hydrogen (secondary N) is 1. The summed E-state index contributed by atoms with van der Waals surface area (Å²) >= 11 is 5.59. The first-order valence-corrected chi connectivity index (χ1v) is 11.7. The number of aliphatic carboxylic acids is 1. The molecule has 7 heteroatoms. The molecule has 0 bridgehead atoms. The summed E-state index contributed by atoms with van der Waals surface area (Å²) in [4.78, 5) is 12.0. The summed E-state index contributed by atoms with van der Waals surface area (Å²) in [6.07, 6.45) is 4.56. The van der Waals surface area contributed by atoms with Crippen molar-refractivity contribution in [1.29, 1.82) is 0 Å². The van der Waals surface area contributed by atoms with Gasteiger partial charge in [0.15, 0.2) is 0 Å². The minimum Gasteiger partial charge on any atom is -0.493 e. The number of hydrogen-bond acceptors (Lipinski definition) is 4. The molecule has 2 aromatic rings. The molecule has 1 unspecified atom stereocenters. The second-order valence-corrected chi connectivity index (χ2v) is 9.54. The van der Waals surface area contributed by atoms with Crippen LogP contribution in [0.25, 0.3) is 0 Å². The average molecular weight is 474 g/mol. The van der Waals surface area contributed by atoms with Gasteiger partial charge >= 0.3 is 5.97 Å². The number of anilines is 1. The van der Waals surface area contributed by atoms with Crippen LogP contribution in [-0.2, 0) is 14.9 Å². The van der Waals surface area contributed by atoms with Crippen LogP contribution in [0, 0.1) is 19.7 Å². The Hall–Kier alpha value is -2.51. The molecule has 2 N–H and O–H groups in total. The highest BCUT2D eigenvalue weighted by Crippen LogP contribution is 2.29. The number of halogens is 1. The molecular weight excluding hydrogens is 441 g/mol. The summed E-state index contributed by atoms with van der Waals surface area (Å²) in [6, 6.07) is 8.11. The fraction of sp³-hybridized carbons (Fsp3) is 0.462. The fourth-order valence-electron chi connectivity index (χ4n) is 4.03. The Balaban J connectivity index is 1.72. The van der Waals surface area contributed by atoms with Crippen molar-refractivity contribution in [2.75, 3.05) is 18.5 Å². The number of thiocarbonyl (C=S) groups is 1. The van der Waals surface area contributed by atoms with Gasteiger partial charge in [-0.2, -0.15) is 0 Å². The van der Waals surface area contributed by atoms with Gasteiger partial charge in [-0.05, 0) is 87.9 Å². The van der Waals surface area contributed by atoms with Crippen LogP contribution < -0.4 is 10.1 Å². The topological polar surface area (TPSA) is 67.8 Å². The lowest BCUT2D eigenvalue weighted by atomic mass is 9.84. The molecule has 5 nitrogen and oxygen atoms in total. The van der Waals surface area contributed by atoms with Gasteiger partial charge in [0.2, 0.25) is 0 Å². The van der Waals surface area contributed by atoms with Gasteiger partial charge in [-0.25, -0.2) is 4.39 Å². The molecule has 0 radical (unpaired) electrons. The molecule has 1 saturated heterocycles. The largest absolute Gasteiger partial charge is 0.493 e. The molecule has 1 fully saturated rings. The number of hydrogen-bond donors (Lipinski definition) is 2. The zero-order chi connectivity index (χ0) is 24.2. The molecule has 1 aliphatic rings. The Kier molecular flexibility index (Phi) is 8.08. The van der Waals surface area contributed by atoms with Crippen molar-refractivity contribution < 1.29 is 23.8 Å². The maximum Gasteiger partial charge on any atom is 0.313 e. The second-order valence-electron chi connectivity index (χ2n) is 9.14. The summed E-state index contributed by atoms with van der Waals surface area (Å²) in [7, 11) is 0. The third-order valence-corrected chi connectivity index (χ3v) is 6.49. The van der Waals surface area contributed by atoms with Crippen LogP contribution in [0.1, 0.15) is 61.8 Å². The van der Waals surface area contributed by atoms with E-state index in [1.807, 2.05) is 26.0 Å². The minimum absolute atomic E-state index is 0.151. The van der Waals surface area contributed by atoms with Crippen molar-refractivity contribution in [3.8, 4) is 5.75 Å². The Morgan fingerprint density at radius 3 is 2.55 bits per heavy atom. The minimum atomic E-state index is -1.15. The van der Waals surface area contributed by atoms with Crippen molar-refractivity contribution >= 4 is 28.9 Å². The van der Waals surface area contributed by atoms with Crippen molar-refractivity contribution in [3.63, 3.8) is 0 Å². The predicted octanol–water partition coefficient (Wildman–Crippen LogP) is 5.93. The highest BCUT2D eigenvalue weighted by molar-refractivity contribution is 7.81. The SMILES string of the molecule is Cc1cc(OCCC2CCCCO2)cc(C)c1C(=S)Nc1cc(C(C)(C)C(=O)O)ccc1F. The standard InChI is InChI=1S/C26H32FNO4S/c1-16-13-20(32-12-10-19-7-5-6-11-31-19)14-17(2)23(16)24(33)28-22-15-18(8-9-21(22)27)26(3,4)25(29)30/h8-9,13-15,19H,5-7,10-12H2,1-4H3,(H,28,33)(H,29,30). The molecule has 3 rings (SSSR count). The number of carbonyl (C=O) groups is 1. The molecule has 0 saturated carbocycles. The van der Waals surface area contributed by atoms with E-state index in [4.69, 9.17) is 21.7 Å². The molecular formula is C26H32FNO4S. The lowest BCUT2D eigenvalue weighted by molar-refractivity contribution is -0.142. The zero-order valence-electron chi connectivity index (χ0n) is 19.7. The molecule has 1 aliphatic heterocycles. The van der Waals surface area contributed by atoms with Gasteiger partial charge in [0, 0.05) is 18.6 Å². The summed E-state index contributed by atoms with van der Waals surface area (Å²) in [6.45, 7) is 8.46. The van der Waals surface area contributed by atoms with Crippen LogP contribution in [0.4, 0.5) is 10.1 Å². The normalized spacial score (nSPS) is 16.3. The maximum atomic E-state index is 14.5. The van der Waals surface area contributed by atoms with Crippen LogP contribution in [0.15, 0.2) is 30.3 Å². The van der Waals surface area contributed by atoms with E-state index in [9.17, 15) is 14.3 Å². The summed E-state index contributed by atoms with van der Waals surface area (Å²) in [5.74, 6) is -0.716. The Bertz CT molecular complexity index is 1010. The van der Waals surface area contributed by atoms with Gasteiger partial charge in [0.05, 0.1) is 23.8 Å². The lowest BCUT2D eigenvalue weighted by Gasteiger charge is -2.23. The molecule has 0 spiro atoms. The quantitative estimate of drug-likeness (QED) is 0.463. The van der Waals surface area contributed by atoms with Gasteiger partial charge < -0.3 is 19.9 Å². The molecule has 1 atom stereocenters. The van der Waals surface area contributed by atoms with E-state index in [0.717, 1.165) is 48.3 Å². The number of carboxylic acids is 1. The molecule has 0 amide bonds. The summed E-state index contributed by atoms with van der Waals surface area (Å²) in [5, 5.41) is 12.5. The van der Waals surface area contributed by atoms with E-state index in [1.165, 1.54) is 24.6 Å². The Labute approximate surface area is 200 Å². The second kappa shape index (κ2) is 10.6. The van der Waals surface area contributed by atoms with Crippen LogP contribution in [0.3, 0.4) is 0 Å². The first-order valence-electron chi connectivity index (χ1n) is 11.3. The van der Waals surface area contributed by atoms with E-state index < -0.39 is 17.2 Å². The number of rotatable bonds is 8. The Morgan fingerprint density at radius 2 is 1.94 bits per heavy atom. The van der Waals surface area contributed by atoms with Crippen LogP contribution >= 0.6 is 12.2 Å². The molecule has 0 aliphatic carbocycles. The number of ether oxygens (including phenoxy) is 2. The molecule has 178 valence electrons. The van der Waals surface area contributed by atoms with Gasteiger partial charge in [-0.1, -0.05) is 18.3 Å². The van der Waals surface area contributed by atoms with E-state index >= 15 is 0 Å². The van der Waals surface area contributed by atoms with Gasteiger partial charge in [-0.3, -0.25) is 4.79 Å². The van der Waals surface area contributed by atoms with E-state index in [2.05, 4.69) is 5.32 Å². The Morgan fingerprint density at radius 1 is 1.24 bits per heavy atom. The molecule has 0 aromatic heterocycles. The van der Waals surface area contributed by atoms with Gasteiger partial charge in [0.1, 0.15) is 16.6 Å². The van der Waals surface area contributed by atoms with Crippen molar-refractivity contribution in [3.05, 3.63) is 58.4 Å². The summed E-state index contributed by atoms with van der Waals surface area (Å²) in [5.41, 5.74) is 2.12. The summed E-state index contributed by atoms with van der Waals surface area (Å²) < 4.78 is 26.2. The highest BCUT2D eigenvalue weighted by Gasteiger charge is 2.30. The van der Waals surface area contributed by atoms with E-state index in [0.29, 0.717) is 17.2 Å². The smallest absolute Gasteiger partial charge is 0.313 e. The highest BCUT2D eigenvalue weighted by atomic mass is 32.1. The maximum absolute atomic E-state index is 14.5. The zero-order valence-corrected chi connectivity index (χ0v) is 20.5. The van der Waals surface area contributed by atoms with Crippen LogP contribution in [-0.4, -0.2) is 35.4 Å². The third-order valence-electron chi connectivity index (χ3n) is 6.19. The molecule has 1 heterocycles. The fourth-order valence-corrected chi connectivity index (χ4v) is 4.46. The first kappa shape index (κ1) is 25.1. The molecule has 2 aromatic carbocycles. The third kappa shape index (κ3) is 6.09. The monoisotopic (exact) mass is 473 g/mol. The first-order chi connectivity index (χ1) is 15.6.